The van der Waals surface area contributed by atoms with E-state index in [0.29, 0.717) is 5.92 Å². The average molecular weight is 239 g/mol. The molecule has 1 nitrogen and oxygen atoms in total. The van der Waals surface area contributed by atoms with Crippen LogP contribution in [0.3, 0.4) is 0 Å². The Bertz CT molecular complexity index is 315. The van der Waals surface area contributed by atoms with Crippen LogP contribution in [-0.4, -0.2) is 11.2 Å². The second kappa shape index (κ2) is 3.64. The molecule has 1 aliphatic carbocycles. The lowest BCUT2D eigenvalue weighted by Crippen LogP contribution is -2.00. The molecule has 0 radical (unpaired) electrons. The number of halogens is 1. The third kappa shape index (κ3) is 2.01. The highest BCUT2D eigenvalue weighted by atomic mass is 79.9. The van der Waals surface area contributed by atoms with Gasteiger partial charge in [0.1, 0.15) is 0 Å². The third-order valence-electron chi connectivity index (χ3n) is 2.36. The monoisotopic (exact) mass is 238 g/mol. The Hall–Kier alpha value is -0.600. The number of aliphatic hydroxyl groups excluding tert-OH is 1. The first-order valence-corrected chi connectivity index (χ1v) is 5.17. The van der Waals surface area contributed by atoms with Gasteiger partial charge in [-0.05, 0) is 24.1 Å². The molecular formula is C11H11BrO. The quantitative estimate of drug-likeness (QED) is 0.747. The number of rotatable bonds is 1. The summed E-state index contributed by atoms with van der Waals surface area (Å²) in [4.78, 5) is 0. The highest BCUT2D eigenvalue weighted by Gasteiger charge is 2.17. The molecule has 2 atom stereocenters. The second-order valence-corrected chi connectivity index (χ2v) is 4.26. The number of aliphatic hydroxyl groups is 1. The normalized spacial score (nSPS) is 26.6. The van der Waals surface area contributed by atoms with Crippen molar-refractivity contribution in [2.75, 3.05) is 0 Å². The maximum atomic E-state index is 9.32. The highest BCUT2D eigenvalue weighted by Crippen LogP contribution is 2.29. The minimum Gasteiger partial charge on any atom is -0.389 e. The van der Waals surface area contributed by atoms with Gasteiger partial charge in [0.15, 0.2) is 0 Å². The zero-order valence-electron chi connectivity index (χ0n) is 7.15. The van der Waals surface area contributed by atoms with Crippen molar-refractivity contribution < 1.29 is 5.11 Å². The van der Waals surface area contributed by atoms with Gasteiger partial charge < -0.3 is 5.11 Å². The van der Waals surface area contributed by atoms with Crippen molar-refractivity contribution in [2.45, 2.75) is 18.4 Å². The van der Waals surface area contributed by atoms with Gasteiger partial charge in [0.25, 0.3) is 0 Å². The van der Waals surface area contributed by atoms with E-state index in [0.717, 1.165) is 10.9 Å². The van der Waals surface area contributed by atoms with E-state index < -0.39 is 0 Å². The fourth-order valence-corrected chi connectivity index (χ4v) is 1.90. The first-order valence-electron chi connectivity index (χ1n) is 4.37. The fourth-order valence-electron chi connectivity index (χ4n) is 1.64. The van der Waals surface area contributed by atoms with Crippen LogP contribution in [0.25, 0.3) is 0 Å². The molecule has 2 rings (SSSR count). The van der Waals surface area contributed by atoms with Gasteiger partial charge >= 0.3 is 0 Å². The first kappa shape index (κ1) is 8.97. The maximum Gasteiger partial charge on any atom is 0.0729 e. The standard InChI is InChI=1S/C11H11BrO/c12-10-4-1-8(2-5-10)9-3-6-11(13)7-9/h1-6,9,11,13H,7H2/t9-,11+/m0/s1. The summed E-state index contributed by atoms with van der Waals surface area (Å²) in [5.41, 5.74) is 1.27. The van der Waals surface area contributed by atoms with Crippen LogP contribution in [0, 0.1) is 0 Å². The summed E-state index contributed by atoms with van der Waals surface area (Å²) < 4.78 is 1.10. The fraction of sp³-hybridized carbons (Fsp3) is 0.273. The van der Waals surface area contributed by atoms with E-state index >= 15 is 0 Å². The molecule has 0 bridgehead atoms. The van der Waals surface area contributed by atoms with Crippen LogP contribution < -0.4 is 0 Å². The number of hydrogen-bond acceptors (Lipinski definition) is 1. The molecule has 0 saturated carbocycles. The van der Waals surface area contributed by atoms with Crippen LogP contribution in [-0.2, 0) is 0 Å². The molecule has 0 heterocycles. The smallest absolute Gasteiger partial charge is 0.0729 e. The molecular weight excluding hydrogens is 228 g/mol. The van der Waals surface area contributed by atoms with Crippen molar-refractivity contribution in [2.24, 2.45) is 0 Å². The lowest BCUT2D eigenvalue weighted by Gasteiger charge is -2.08. The predicted molar refractivity (Wildman–Crippen MR) is 56.6 cm³/mol. The van der Waals surface area contributed by atoms with Crippen molar-refractivity contribution in [1.82, 2.24) is 0 Å². The SMILES string of the molecule is O[C@@H]1C=C[C@H](c2ccc(Br)cc2)C1. The van der Waals surface area contributed by atoms with Gasteiger partial charge in [-0.25, -0.2) is 0 Å². The summed E-state index contributed by atoms with van der Waals surface area (Å²) >= 11 is 3.40. The Morgan fingerprint density at radius 3 is 2.38 bits per heavy atom. The molecule has 68 valence electrons. The molecule has 1 aromatic rings. The Labute approximate surface area is 86.2 Å². The lowest BCUT2D eigenvalue weighted by atomic mass is 9.99. The number of benzene rings is 1. The van der Waals surface area contributed by atoms with Crippen molar-refractivity contribution in [3.63, 3.8) is 0 Å². The minimum atomic E-state index is -0.256. The zero-order valence-corrected chi connectivity index (χ0v) is 8.74. The van der Waals surface area contributed by atoms with Gasteiger partial charge in [-0.1, -0.05) is 40.2 Å². The molecule has 1 N–H and O–H groups in total. The van der Waals surface area contributed by atoms with E-state index in [1.807, 2.05) is 18.2 Å². The average Bonchev–Trinajstić information content (AvgIpc) is 2.53. The van der Waals surface area contributed by atoms with Gasteiger partial charge in [0, 0.05) is 10.4 Å². The summed E-state index contributed by atoms with van der Waals surface area (Å²) in [6.45, 7) is 0. The molecule has 0 aromatic heterocycles. The lowest BCUT2D eigenvalue weighted by molar-refractivity contribution is 0.218. The minimum absolute atomic E-state index is 0.256. The molecule has 13 heavy (non-hydrogen) atoms. The van der Waals surface area contributed by atoms with Gasteiger partial charge in [-0.3, -0.25) is 0 Å². The van der Waals surface area contributed by atoms with Crippen molar-refractivity contribution >= 4 is 15.9 Å². The molecule has 0 fully saturated rings. The van der Waals surface area contributed by atoms with E-state index in [4.69, 9.17) is 0 Å². The van der Waals surface area contributed by atoms with Crippen LogP contribution in [0.15, 0.2) is 40.9 Å². The van der Waals surface area contributed by atoms with E-state index in [2.05, 4.69) is 34.1 Å². The highest BCUT2D eigenvalue weighted by molar-refractivity contribution is 9.10. The number of allylic oxidation sites excluding steroid dienone is 1. The van der Waals surface area contributed by atoms with Crippen LogP contribution in [0.2, 0.25) is 0 Å². The Balaban J connectivity index is 2.18. The largest absolute Gasteiger partial charge is 0.389 e. The molecule has 0 unspecified atom stereocenters. The molecule has 1 aliphatic rings. The van der Waals surface area contributed by atoms with Gasteiger partial charge in [-0.2, -0.15) is 0 Å². The maximum absolute atomic E-state index is 9.32. The predicted octanol–water partition coefficient (Wildman–Crippen LogP) is 2.85. The summed E-state index contributed by atoms with van der Waals surface area (Å²) in [5, 5.41) is 9.32. The Kier molecular flexibility index (Phi) is 2.51. The van der Waals surface area contributed by atoms with E-state index in [-0.39, 0.29) is 6.10 Å². The third-order valence-corrected chi connectivity index (χ3v) is 2.89. The van der Waals surface area contributed by atoms with E-state index in [9.17, 15) is 5.11 Å². The molecule has 0 aliphatic heterocycles. The molecule has 0 amide bonds. The molecule has 0 saturated heterocycles. The van der Waals surface area contributed by atoms with Crippen LogP contribution in [0.1, 0.15) is 17.9 Å². The van der Waals surface area contributed by atoms with Crippen LogP contribution >= 0.6 is 15.9 Å². The summed E-state index contributed by atoms with van der Waals surface area (Å²) in [6, 6.07) is 8.26. The Morgan fingerprint density at radius 1 is 1.15 bits per heavy atom. The van der Waals surface area contributed by atoms with Crippen molar-refractivity contribution in [3.05, 3.63) is 46.5 Å². The summed E-state index contributed by atoms with van der Waals surface area (Å²) in [7, 11) is 0. The summed E-state index contributed by atoms with van der Waals surface area (Å²) in [6.07, 6.45) is 4.51. The van der Waals surface area contributed by atoms with E-state index in [1.54, 1.807) is 0 Å². The van der Waals surface area contributed by atoms with Crippen LogP contribution in [0.4, 0.5) is 0 Å². The summed E-state index contributed by atoms with van der Waals surface area (Å²) in [5.74, 6) is 0.392. The van der Waals surface area contributed by atoms with Crippen molar-refractivity contribution in [3.8, 4) is 0 Å². The second-order valence-electron chi connectivity index (χ2n) is 3.35. The first-order chi connectivity index (χ1) is 6.25. The molecule has 2 heteroatoms. The van der Waals surface area contributed by atoms with Gasteiger partial charge in [0.05, 0.1) is 6.10 Å². The van der Waals surface area contributed by atoms with Gasteiger partial charge in [0.2, 0.25) is 0 Å². The Morgan fingerprint density at radius 2 is 1.85 bits per heavy atom. The van der Waals surface area contributed by atoms with Crippen LogP contribution in [0.5, 0.6) is 0 Å². The molecule has 0 spiro atoms. The zero-order chi connectivity index (χ0) is 9.26. The van der Waals surface area contributed by atoms with E-state index in [1.165, 1.54) is 5.56 Å². The number of hydrogen-bond donors (Lipinski definition) is 1. The van der Waals surface area contributed by atoms with Crippen molar-refractivity contribution in [1.29, 1.82) is 0 Å². The van der Waals surface area contributed by atoms with Gasteiger partial charge in [-0.15, -0.1) is 0 Å². The topological polar surface area (TPSA) is 20.2 Å². The molecule has 1 aromatic carbocycles.